The molecule has 0 N–H and O–H groups in total. The van der Waals surface area contributed by atoms with Gasteiger partial charge in [-0.1, -0.05) is 67.5 Å². The Labute approximate surface area is 114 Å². The molecule has 0 spiro atoms. The van der Waals surface area contributed by atoms with Gasteiger partial charge < -0.3 is 0 Å². The molecule has 2 rings (SSSR count). The Morgan fingerprint density at radius 2 is 1.41 bits per heavy atom. The molecule has 0 radical (unpaired) electrons. The third-order valence-electron chi connectivity index (χ3n) is 1.62. The van der Waals surface area contributed by atoms with Crippen molar-refractivity contribution in [1.29, 1.82) is 0 Å². The summed E-state index contributed by atoms with van der Waals surface area (Å²) in [5.41, 5.74) is 1.44. The summed E-state index contributed by atoms with van der Waals surface area (Å²) >= 11 is 1.87. The Morgan fingerprint density at radius 3 is 1.88 bits per heavy atom. The van der Waals surface area contributed by atoms with E-state index in [1.54, 1.807) is 4.88 Å². The van der Waals surface area contributed by atoms with Crippen molar-refractivity contribution >= 4 is 17.4 Å². The molecule has 0 aromatic carbocycles. The van der Waals surface area contributed by atoms with Crippen LogP contribution in [-0.4, -0.2) is 0 Å². The standard InChI is InChI=1S/C8H8S.4C2H6/c1-2-4-8-7(3-1)5-6-9-8;4*1-2/h1,3,5-6H,2,4H2;4*1-2H3. The Morgan fingerprint density at radius 1 is 0.882 bits per heavy atom. The van der Waals surface area contributed by atoms with Crippen LogP contribution in [0.15, 0.2) is 17.5 Å². The van der Waals surface area contributed by atoms with Crippen LogP contribution < -0.4 is 0 Å². The molecule has 1 heteroatoms. The quantitative estimate of drug-likeness (QED) is 0.478. The average Bonchev–Trinajstić information content (AvgIpc) is 2.96. The number of hydrogen-bond donors (Lipinski definition) is 0. The molecule has 0 saturated carbocycles. The van der Waals surface area contributed by atoms with Gasteiger partial charge in [-0.05, 0) is 29.9 Å². The van der Waals surface area contributed by atoms with E-state index in [4.69, 9.17) is 0 Å². The van der Waals surface area contributed by atoms with Gasteiger partial charge in [-0.3, -0.25) is 0 Å². The summed E-state index contributed by atoms with van der Waals surface area (Å²) in [4.78, 5) is 1.55. The van der Waals surface area contributed by atoms with Crippen LogP contribution in [0.1, 0.15) is 72.3 Å². The van der Waals surface area contributed by atoms with Gasteiger partial charge in [-0.15, -0.1) is 11.3 Å². The van der Waals surface area contributed by atoms with Crippen molar-refractivity contribution in [2.24, 2.45) is 0 Å². The second-order valence-corrected chi connectivity index (χ2v) is 3.24. The molecule has 0 amide bonds. The molecule has 17 heavy (non-hydrogen) atoms. The molecule has 0 aliphatic heterocycles. The van der Waals surface area contributed by atoms with Gasteiger partial charge in [0.2, 0.25) is 0 Å². The van der Waals surface area contributed by atoms with Crippen molar-refractivity contribution in [3.05, 3.63) is 28.0 Å². The molecule has 0 nitrogen and oxygen atoms in total. The SMILES string of the molecule is C1=Cc2ccsc2CC1.CC.CC.CC.CC. The third-order valence-corrected chi connectivity index (χ3v) is 2.61. The monoisotopic (exact) mass is 256 g/mol. The normalized spacial score (nSPS) is 9.65. The maximum absolute atomic E-state index is 2.25. The van der Waals surface area contributed by atoms with E-state index in [1.165, 1.54) is 18.4 Å². The van der Waals surface area contributed by atoms with Gasteiger partial charge >= 0.3 is 0 Å². The second kappa shape index (κ2) is 20.8. The van der Waals surface area contributed by atoms with Gasteiger partial charge in [-0.25, -0.2) is 0 Å². The van der Waals surface area contributed by atoms with Gasteiger partial charge in [0.15, 0.2) is 0 Å². The molecule has 1 aliphatic rings. The molecule has 0 unspecified atom stereocenters. The Kier molecular flexibility index (Phi) is 26.6. The number of thiophene rings is 1. The molecule has 0 bridgehead atoms. The summed E-state index contributed by atoms with van der Waals surface area (Å²) in [7, 11) is 0. The number of hydrogen-bond acceptors (Lipinski definition) is 1. The van der Waals surface area contributed by atoms with E-state index in [-0.39, 0.29) is 0 Å². The summed E-state index contributed by atoms with van der Waals surface area (Å²) in [6, 6.07) is 2.19. The van der Waals surface area contributed by atoms with Crippen molar-refractivity contribution in [3.8, 4) is 0 Å². The largest absolute Gasteiger partial charge is 0.148 e. The molecule has 1 aromatic rings. The predicted octanol–water partition coefficient (Wildman–Crippen LogP) is 6.81. The van der Waals surface area contributed by atoms with Crippen LogP contribution in [0, 0.1) is 0 Å². The van der Waals surface area contributed by atoms with Gasteiger partial charge in [-0.2, -0.15) is 0 Å². The minimum atomic E-state index is 1.23. The molecule has 0 saturated heterocycles. The number of fused-ring (bicyclic) bond motifs is 1. The Bertz CT molecular complexity index is 233. The molecule has 0 atom stereocenters. The zero-order valence-corrected chi connectivity index (χ0v) is 13.9. The van der Waals surface area contributed by atoms with Crippen molar-refractivity contribution in [1.82, 2.24) is 0 Å². The van der Waals surface area contributed by atoms with Crippen molar-refractivity contribution < 1.29 is 0 Å². The maximum Gasteiger partial charge on any atom is 0.0120 e. The highest BCUT2D eigenvalue weighted by Gasteiger charge is 2.02. The van der Waals surface area contributed by atoms with Crippen molar-refractivity contribution in [2.45, 2.75) is 68.2 Å². The van der Waals surface area contributed by atoms with Crippen LogP contribution >= 0.6 is 11.3 Å². The third kappa shape index (κ3) is 10.3. The predicted molar refractivity (Wildman–Crippen MR) is 87.1 cm³/mol. The molecule has 1 aromatic heterocycles. The highest BCUT2D eigenvalue weighted by molar-refractivity contribution is 7.10. The number of allylic oxidation sites excluding steroid dienone is 1. The first-order valence-electron chi connectivity index (χ1n) is 7.20. The van der Waals surface area contributed by atoms with E-state index in [1.807, 2.05) is 66.7 Å². The summed E-state index contributed by atoms with van der Waals surface area (Å²) < 4.78 is 0. The van der Waals surface area contributed by atoms with E-state index in [0.717, 1.165) is 0 Å². The Balaban J connectivity index is -0.000000212. The van der Waals surface area contributed by atoms with E-state index in [0.29, 0.717) is 0 Å². The highest BCUT2D eigenvalue weighted by atomic mass is 32.1. The van der Waals surface area contributed by atoms with Gasteiger partial charge in [0.1, 0.15) is 0 Å². The smallest absolute Gasteiger partial charge is 0.0120 e. The topological polar surface area (TPSA) is 0 Å². The first-order chi connectivity index (χ1) is 8.47. The Hall–Kier alpha value is -0.560. The lowest BCUT2D eigenvalue weighted by molar-refractivity contribution is 1.01. The summed E-state index contributed by atoms with van der Waals surface area (Å²) in [5.74, 6) is 0. The molecular weight excluding hydrogens is 224 g/mol. The van der Waals surface area contributed by atoms with Crippen LogP contribution in [0.4, 0.5) is 0 Å². The fourth-order valence-corrected chi connectivity index (χ4v) is 2.01. The highest BCUT2D eigenvalue weighted by Crippen LogP contribution is 2.23. The molecule has 1 heterocycles. The molecule has 0 fully saturated rings. The van der Waals surface area contributed by atoms with E-state index in [9.17, 15) is 0 Å². The van der Waals surface area contributed by atoms with E-state index < -0.39 is 0 Å². The van der Waals surface area contributed by atoms with Gasteiger partial charge in [0.25, 0.3) is 0 Å². The summed E-state index contributed by atoms with van der Waals surface area (Å²) in [6.45, 7) is 16.0. The fraction of sp³-hybridized carbons (Fsp3) is 0.625. The molecule has 102 valence electrons. The minimum Gasteiger partial charge on any atom is -0.148 e. The fourth-order valence-electron chi connectivity index (χ4n) is 1.13. The summed E-state index contributed by atoms with van der Waals surface area (Å²) in [5, 5.41) is 2.17. The van der Waals surface area contributed by atoms with Crippen LogP contribution in [0.25, 0.3) is 6.08 Å². The molecular formula is C16H32S. The first kappa shape index (κ1) is 21.7. The minimum absolute atomic E-state index is 1.23. The first-order valence-corrected chi connectivity index (χ1v) is 8.08. The average molecular weight is 256 g/mol. The number of rotatable bonds is 0. The zero-order valence-electron chi connectivity index (χ0n) is 13.1. The summed E-state index contributed by atoms with van der Waals surface area (Å²) in [6.07, 6.45) is 6.95. The molecule has 1 aliphatic carbocycles. The van der Waals surface area contributed by atoms with Gasteiger partial charge in [0.05, 0.1) is 0 Å². The lowest BCUT2D eigenvalue weighted by Crippen LogP contribution is -1.85. The lowest BCUT2D eigenvalue weighted by atomic mass is 10.1. The lowest BCUT2D eigenvalue weighted by Gasteiger charge is -2.01. The van der Waals surface area contributed by atoms with Crippen LogP contribution in [0.3, 0.4) is 0 Å². The van der Waals surface area contributed by atoms with Crippen molar-refractivity contribution in [3.63, 3.8) is 0 Å². The zero-order chi connectivity index (χ0) is 14.1. The van der Waals surface area contributed by atoms with Gasteiger partial charge in [0, 0.05) is 4.88 Å². The maximum atomic E-state index is 2.25. The van der Waals surface area contributed by atoms with Crippen molar-refractivity contribution in [2.75, 3.05) is 0 Å². The van der Waals surface area contributed by atoms with Crippen LogP contribution in [0.2, 0.25) is 0 Å². The van der Waals surface area contributed by atoms with Crippen LogP contribution in [0.5, 0.6) is 0 Å². The van der Waals surface area contributed by atoms with Crippen LogP contribution in [-0.2, 0) is 6.42 Å². The van der Waals surface area contributed by atoms with E-state index in [2.05, 4.69) is 23.6 Å². The second-order valence-electron chi connectivity index (χ2n) is 2.24. The van der Waals surface area contributed by atoms with E-state index >= 15 is 0 Å². The number of aryl methyl sites for hydroxylation is 1.